The van der Waals surface area contributed by atoms with E-state index in [0.717, 1.165) is 25.7 Å². The van der Waals surface area contributed by atoms with E-state index in [1.807, 2.05) is 11.8 Å². The molecule has 2 unspecified atom stereocenters. The Morgan fingerprint density at radius 3 is 2.48 bits per heavy atom. The molecule has 2 aliphatic rings. The first-order valence-corrected chi connectivity index (χ1v) is 9.08. The zero-order valence-corrected chi connectivity index (χ0v) is 13.8. The minimum absolute atomic E-state index is 0.0130. The average molecular weight is 314 g/mol. The van der Waals surface area contributed by atoms with Gasteiger partial charge in [-0.1, -0.05) is 26.2 Å². The van der Waals surface area contributed by atoms with Gasteiger partial charge in [-0.3, -0.25) is 4.90 Å². The molecule has 1 saturated carbocycles. The maximum Gasteiger partial charge on any atom is 0.327 e. The largest absolute Gasteiger partial charge is 0.480 e. The van der Waals surface area contributed by atoms with Crippen molar-refractivity contribution in [3.63, 3.8) is 0 Å². The van der Waals surface area contributed by atoms with Crippen LogP contribution in [0.15, 0.2) is 0 Å². The third-order valence-corrected chi connectivity index (χ3v) is 5.84. The minimum Gasteiger partial charge on any atom is -0.480 e. The number of nitrogens with zero attached hydrogens (tertiary/aromatic N) is 2. The molecule has 1 aliphatic carbocycles. The highest BCUT2D eigenvalue weighted by Gasteiger charge is 2.43. The van der Waals surface area contributed by atoms with Crippen LogP contribution < -0.4 is 0 Å². The van der Waals surface area contributed by atoms with Crippen molar-refractivity contribution in [2.45, 2.75) is 69.8 Å². The smallest absolute Gasteiger partial charge is 0.327 e. The Morgan fingerprint density at radius 2 is 1.95 bits per heavy atom. The molecule has 1 aliphatic heterocycles. The lowest BCUT2D eigenvalue weighted by Gasteiger charge is -2.36. The van der Waals surface area contributed by atoms with Crippen LogP contribution in [0.5, 0.6) is 0 Å². The van der Waals surface area contributed by atoms with Crippen molar-refractivity contribution in [1.29, 1.82) is 0 Å². The first kappa shape index (κ1) is 16.5. The van der Waals surface area contributed by atoms with Gasteiger partial charge in [0.05, 0.1) is 5.37 Å². The zero-order valence-electron chi connectivity index (χ0n) is 13.0. The highest BCUT2D eigenvalue weighted by Crippen LogP contribution is 2.34. The van der Waals surface area contributed by atoms with Crippen LogP contribution in [0.25, 0.3) is 0 Å². The molecule has 0 radical (unpaired) electrons. The molecule has 6 heteroatoms. The lowest BCUT2D eigenvalue weighted by atomic mass is 10.2. The molecule has 1 heterocycles. The number of carbonyl (C=O) groups excluding carboxylic acids is 1. The number of carboxylic acid groups (broad SMARTS) is 1. The van der Waals surface area contributed by atoms with Gasteiger partial charge in [0.2, 0.25) is 0 Å². The highest BCUT2D eigenvalue weighted by molar-refractivity contribution is 8.00. The maximum absolute atomic E-state index is 12.9. The lowest BCUT2D eigenvalue weighted by molar-refractivity contribution is -0.141. The quantitative estimate of drug-likeness (QED) is 0.847. The van der Waals surface area contributed by atoms with E-state index in [0.29, 0.717) is 18.3 Å². The number of carboxylic acids is 1. The Bertz CT molecular complexity index is 385. The summed E-state index contributed by atoms with van der Waals surface area (Å²) in [7, 11) is 0. The number of carbonyl (C=O) groups is 2. The summed E-state index contributed by atoms with van der Waals surface area (Å²) >= 11 is 1.61. The summed E-state index contributed by atoms with van der Waals surface area (Å²) in [6, 6.07) is -0.445. The fourth-order valence-corrected chi connectivity index (χ4v) is 4.90. The van der Waals surface area contributed by atoms with Gasteiger partial charge in [-0.05, 0) is 26.2 Å². The van der Waals surface area contributed by atoms with Gasteiger partial charge < -0.3 is 10.0 Å². The van der Waals surface area contributed by atoms with Gasteiger partial charge in [0.25, 0.3) is 0 Å². The van der Waals surface area contributed by atoms with Crippen LogP contribution in [0.4, 0.5) is 4.79 Å². The van der Waals surface area contributed by atoms with E-state index < -0.39 is 12.0 Å². The molecule has 2 atom stereocenters. The van der Waals surface area contributed by atoms with E-state index in [1.54, 1.807) is 16.7 Å². The second-order valence-electron chi connectivity index (χ2n) is 5.84. The number of hydrogen-bond donors (Lipinski definition) is 1. The standard InChI is InChI=1S/C15H26N2O3S/c1-3-7-13-17(12(10-21-13)14(18)19)15(20)16(4-2)11-8-5-6-9-11/h11-13H,3-10H2,1-2H3,(H,18,19). The van der Waals surface area contributed by atoms with Crippen LogP contribution in [0, 0.1) is 0 Å². The molecule has 0 bridgehead atoms. The van der Waals surface area contributed by atoms with Crippen molar-refractivity contribution in [2.24, 2.45) is 0 Å². The Kier molecular flexibility index (Phi) is 5.79. The van der Waals surface area contributed by atoms with Crippen molar-refractivity contribution in [2.75, 3.05) is 12.3 Å². The predicted octanol–water partition coefficient (Wildman–Crippen LogP) is 3.00. The van der Waals surface area contributed by atoms with Gasteiger partial charge >= 0.3 is 12.0 Å². The van der Waals surface area contributed by atoms with E-state index >= 15 is 0 Å². The third-order valence-electron chi connectivity index (χ3n) is 4.49. The maximum atomic E-state index is 12.9. The Morgan fingerprint density at radius 1 is 1.29 bits per heavy atom. The molecular formula is C15H26N2O3S. The topological polar surface area (TPSA) is 60.9 Å². The number of amides is 2. The molecule has 120 valence electrons. The van der Waals surface area contributed by atoms with Gasteiger partial charge in [-0.15, -0.1) is 11.8 Å². The molecule has 21 heavy (non-hydrogen) atoms. The molecule has 0 aromatic heterocycles. The lowest BCUT2D eigenvalue weighted by Crippen LogP contribution is -2.53. The molecule has 2 rings (SSSR count). The molecule has 1 saturated heterocycles. The molecule has 2 fully saturated rings. The van der Waals surface area contributed by atoms with Crippen LogP contribution in [-0.2, 0) is 4.79 Å². The van der Waals surface area contributed by atoms with Gasteiger partial charge in [-0.25, -0.2) is 9.59 Å². The predicted molar refractivity (Wildman–Crippen MR) is 84.4 cm³/mol. The second kappa shape index (κ2) is 7.38. The molecular weight excluding hydrogens is 288 g/mol. The van der Waals surface area contributed by atoms with Gasteiger partial charge in [-0.2, -0.15) is 0 Å². The summed E-state index contributed by atoms with van der Waals surface area (Å²) in [5.41, 5.74) is 0. The van der Waals surface area contributed by atoms with Crippen LogP contribution in [0.1, 0.15) is 52.4 Å². The molecule has 1 N–H and O–H groups in total. The normalized spacial score (nSPS) is 26.3. The van der Waals surface area contributed by atoms with Crippen molar-refractivity contribution in [3.8, 4) is 0 Å². The molecule has 0 aromatic carbocycles. The summed E-state index contributed by atoms with van der Waals surface area (Å²) in [5, 5.41) is 9.43. The first-order chi connectivity index (χ1) is 10.1. The fourth-order valence-electron chi connectivity index (χ4n) is 3.39. The zero-order chi connectivity index (χ0) is 15.4. The Balaban J connectivity index is 2.16. The number of urea groups is 1. The van der Waals surface area contributed by atoms with E-state index in [-0.39, 0.29) is 11.4 Å². The second-order valence-corrected chi connectivity index (χ2v) is 7.06. The molecule has 0 spiro atoms. The number of hydrogen-bond acceptors (Lipinski definition) is 3. The van der Waals surface area contributed by atoms with Gasteiger partial charge in [0.15, 0.2) is 0 Å². The fraction of sp³-hybridized carbons (Fsp3) is 0.867. The van der Waals surface area contributed by atoms with Crippen molar-refractivity contribution in [1.82, 2.24) is 9.80 Å². The summed E-state index contributed by atoms with van der Waals surface area (Å²) in [6.45, 7) is 4.73. The van der Waals surface area contributed by atoms with Crippen LogP contribution >= 0.6 is 11.8 Å². The van der Waals surface area contributed by atoms with Crippen LogP contribution in [-0.4, -0.2) is 56.7 Å². The van der Waals surface area contributed by atoms with Crippen molar-refractivity contribution in [3.05, 3.63) is 0 Å². The van der Waals surface area contributed by atoms with E-state index in [4.69, 9.17) is 0 Å². The average Bonchev–Trinajstić information content (AvgIpc) is 3.09. The van der Waals surface area contributed by atoms with Gasteiger partial charge in [0, 0.05) is 18.3 Å². The van der Waals surface area contributed by atoms with E-state index in [1.165, 1.54) is 12.8 Å². The Hall–Kier alpha value is -0.910. The number of thioether (sulfide) groups is 1. The summed E-state index contributed by atoms with van der Waals surface area (Å²) in [4.78, 5) is 27.9. The van der Waals surface area contributed by atoms with Crippen molar-refractivity contribution < 1.29 is 14.7 Å². The van der Waals surface area contributed by atoms with Gasteiger partial charge in [0.1, 0.15) is 6.04 Å². The minimum atomic E-state index is -0.878. The number of aliphatic carboxylic acids is 1. The first-order valence-electron chi connectivity index (χ1n) is 8.03. The molecule has 5 nitrogen and oxygen atoms in total. The van der Waals surface area contributed by atoms with Crippen LogP contribution in [0.2, 0.25) is 0 Å². The SMILES string of the molecule is CCCC1SCC(C(=O)O)N1C(=O)N(CC)C1CCCC1. The summed E-state index contributed by atoms with van der Waals surface area (Å²) < 4.78 is 0. The highest BCUT2D eigenvalue weighted by atomic mass is 32.2. The van der Waals surface area contributed by atoms with E-state index in [2.05, 4.69) is 6.92 Å². The summed E-state index contributed by atoms with van der Waals surface area (Å²) in [6.07, 6.45) is 6.27. The summed E-state index contributed by atoms with van der Waals surface area (Å²) in [5.74, 6) is -0.370. The molecule has 0 aromatic rings. The Labute approximate surface area is 131 Å². The van der Waals surface area contributed by atoms with Crippen LogP contribution in [0.3, 0.4) is 0 Å². The number of rotatable bonds is 5. The van der Waals surface area contributed by atoms with Crippen molar-refractivity contribution >= 4 is 23.8 Å². The monoisotopic (exact) mass is 314 g/mol. The third kappa shape index (κ3) is 3.47. The van der Waals surface area contributed by atoms with E-state index in [9.17, 15) is 14.7 Å². The molecule has 2 amide bonds.